The number of nitrogens with zero attached hydrogens (tertiary/aromatic N) is 1. The van der Waals surface area contributed by atoms with Crippen LogP contribution >= 0.6 is 22.7 Å². The number of hydrogen-bond acceptors (Lipinski definition) is 4. The first-order valence-electron chi connectivity index (χ1n) is 5.43. The molecule has 0 aliphatic heterocycles. The van der Waals surface area contributed by atoms with Crippen molar-refractivity contribution in [1.82, 2.24) is 5.32 Å². The van der Waals surface area contributed by atoms with E-state index in [4.69, 9.17) is 0 Å². The predicted octanol–water partition coefficient (Wildman–Crippen LogP) is 3.78. The number of nitriles is 1. The van der Waals surface area contributed by atoms with Crippen molar-refractivity contribution in [3.05, 3.63) is 43.8 Å². The van der Waals surface area contributed by atoms with Crippen LogP contribution in [0, 0.1) is 25.2 Å². The summed E-state index contributed by atoms with van der Waals surface area (Å²) in [6.07, 6.45) is 0. The molecular formula is C13H14N2S2. The molecule has 0 amide bonds. The van der Waals surface area contributed by atoms with Crippen LogP contribution in [-0.2, 0) is 6.54 Å². The minimum absolute atomic E-state index is 0.206. The van der Waals surface area contributed by atoms with Crippen LogP contribution in [0.5, 0.6) is 0 Å². The van der Waals surface area contributed by atoms with Crippen LogP contribution < -0.4 is 5.32 Å². The molecule has 0 aliphatic rings. The second-order valence-corrected chi connectivity index (χ2v) is 6.38. The molecule has 1 N–H and O–H groups in total. The first-order valence-corrected chi connectivity index (χ1v) is 7.12. The lowest BCUT2D eigenvalue weighted by molar-refractivity contribution is 0.635. The van der Waals surface area contributed by atoms with Gasteiger partial charge in [-0.15, -0.1) is 22.7 Å². The third kappa shape index (κ3) is 2.95. The van der Waals surface area contributed by atoms with Crippen LogP contribution in [0.4, 0.5) is 0 Å². The van der Waals surface area contributed by atoms with Crippen LogP contribution in [0.2, 0.25) is 0 Å². The highest BCUT2D eigenvalue weighted by molar-refractivity contribution is 7.12. The molecule has 0 saturated heterocycles. The van der Waals surface area contributed by atoms with Crippen molar-refractivity contribution in [1.29, 1.82) is 5.26 Å². The Morgan fingerprint density at radius 2 is 2.29 bits per heavy atom. The van der Waals surface area contributed by atoms with Gasteiger partial charge in [-0.3, -0.25) is 5.32 Å². The Bertz CT molecular complexity index is 520. The summed E-state index contributed by atoms with van der Waals surface area (Å²) in [6, 6.07) is 8.35. The molecule has 2 heterocycles. The minimum atomic E-state index is -0.206. The van der Waals surface area contributed by atoms with E-state index in [2.05, 4.69) is 42.7 Å². The van der Waals surface area contributed by atoms with Gasteiger partial charge in [-0.2, -0.15) is 5.26 Å². The van der Waals surface area contributed by atoms with E-state index in [1.165, 1.54) is 14.6 Å². The van der Waals surface area contributed by atoms with Gasteiger partial charge in [0.1, 0.15) is 6.04 Å². The average Bonchev–Trinajstić information content (AvgIpc) is 2.90. The Morgan fingerprint density at radius 3 is 2.82 bits per heavy atom. The van der Waals surface area contributed by atoms with Gasteiger partial charge in [0.15, 0.2) is 0 Å². The zero-order chi connectivity index (χ0) is 12.3. The number of rotatable bonds is 4. The first-order chi connectivity index (χ1) is 8.20. The number of thiophene rings is 2. The van der Waals surface area contributed by atoms with Crippen LogP contribution in [0.25, 0.3) is 0 Å². The van der Waals surface area contributed by atoms with Gasteiger partial charge in [0.05, 0.1) is 6.07 Å². The molecule has 0 radical (unpaired) electrons. The second kappa shape index (κ2) is 5.46. The first kappa shape index (κ1) is 12.3. The average molecular weight is 262 g/mol. The maximum Gasteiger partial charge on any atom is 0.122 e. The normalized spacial score (nSPS) is 12.3. The van der Waals surface area contributed by atoms with E-state index in [-0.39, 0.29) is 6.04 Å². The molecule has 0 saturated carbocycles. The van der Waals surface area contributed by atoms with Gasteiger partial charge >= 0.3 is 0 Å². The predicted molar refractivity (Wildman–Crippen MR) is 73.3 cm³/mol. The lowest BCUT2D eigenvalue weighted by atomic mass is 10.1. The van der Waals surface area contributed by atoms with Crippen molar-refractivity contribution < 1.29 is 0 Å². The monoisotopic (exact) mass is 262 g/mol. The summed E-state index contributed by atoms with van der Waals surface area (Å²) in [5.41, 5.74) is 1.12. The fraction of sp³-hybridized carbons (Fsp3) is 0.308. The van der Waals surface area contributed by atoms with Crippen LogP contribution in [-0.4, -0.2) is 0 Å². The highest BCUT2D eigenvalue weighted by Crippen LogP contribution is 2.26. The SMILES string of the molecule is Cc1cc(C(C#N)NCc2cccs2)c(C)s1. The van der Waals surface area contributed by atoms with E-state index in [9.17, 15) is 5.26 Å². The molecule has 0 spiro atoms. The zero-order valence-electron chi connectivity index (χ0n) is 9.86. The summed E-state index contributed by atoms with van der Waals surface area (Å²) < 4.78 is 0. The van der Waals surface area contributed by atoms with E-state index >= 15 is 0 Å². The number of aryl methyl sites for hydroxylation is 2. The number of hydrogen-bond donors (Lipinski definition) is 1. The smallest absolute Gasteiger partial charge is 0.122 e. The van der Waals surface area contributed by atoms with Gasteiger partial charge in [-0.05, 0) is 36.9 Å². The summed E-state index contributed by atoms with van der Waals surface area (Å²) in [5.74, 6) is 0. The molecule has 0 fully saturated rings. The van der Waals surface area contributed by atoms with Crippen molar-refractivity contribution in [3.8, 4) is 6.07 Å². The van der Waals surface area contributed by atoms with Crippen molar-refractivity contribution in [2.45, 2.75) is 26.4 Å². The number of nitrogens with one attached hydrogen (secondary N) is 1. The van der Waals surface area contributed by atoms with Gasteiger partial charge in [-0.25, -0.2) is 0 Å². The van der Waals surface area contributed by atoms with Crippen molar-refractivity contribution in [2.24, 2.45) is 0 Å². The highest BCUT2D eigenvalue weighted by Gasteiger charge is 2.14. The lowest BCUT2D eigenvalue weighted by Gasteiger charge is -2.10. The van der Waals surface area contributed by atoms with Crippen molar-refractivity contribution in [3.63, 3.8) is 0 Å². The molecule has 2 rings (SSSR count). The van der Waals surface area contributed by atoms with Gasteiger partial charge in [0.25, 0.3) is 0 Å². The summed E-state index contributed by atoms with van der Waals surface area (Å²) in [5, 5.41) is 14.6. The standard InChI is InChI=1S/C13H14N2S2/c1-9-6-12(10(2)17-9)13(7-14)15-8-11-4-3-5-16-11/h3-6,13,15H,8H2,1-2H3. The van der Waals surface area contributed by atoms with Gasteiger partial charge in [0, 0.05) is 21.2 Å². The molecule has 17 heavy (non-hydrogen) atoms. The van der Waals surface area contributed by atoms with Gasteiger partial charge < -0.3 is 0 Å². The molecule has 88 valence electrons. The molecule has 2 aromatic heterocycles. The minimum Gasteiger partial charge on any atom is -0.293 e. The molecule has 0 aliphatic carbocycles. The zero-order valence-corrected chi connectivity index (χ0v) is 11.5. The quantitative estimate of drug-likeness (QED) is 0.910. The largest absolute Gasteiger partial charge is 0.293 e. The van der Waals surface area contributed by atoms with Gasteiger partial charge in [-0.1, -0.05) is 6.07 Å². The molecule has 2 nitrogen and oxygen atoms in total. The fourth-order valence-corrected chi connectivity index (χ4v) is 3.40. The van der Waals surface area contributed by atoms with Crippen molar-refractivity contribution >= 4 is 22.7 Å². The molecule has 2 aromatic rings. The summed E-state index contributed by atoms with van der Waals surface area (Å²) in [6.45, 7) is 4.91. The van der Waals surface area contributed by atoms with Crippen molar-refractivity contribution in [2.75, 3.05) is 0 Å². The summed E-state index contributed by atoms with van der Waals surface area (Å²) in [4.78, 5) is 3.75. The molecule has 1 unspecified atom stereocenters. The highest BCUT2D eigenvalue weighted by atomic mass is 32.1. The topological polar surface area (TPSA) is 35.8 Å². The van der Waals surface area contributed by atoms with E-state index in [1.807, 2.05) is 6.07 Å². The van der Waals surface area contributed by atoms with Crippen LogP contribution in [0.3, 0.4) is 0 Å². The third-order valence-corrected chi connectivity index (χ3v) is 4.44. The van der Waals surface area contributed by atoms with Crippen LogP contribution in [0.15, 0.2) is 23.6 Å². The van der Waals surface area contributed by atoms with E-state index in [1.54, 1.807) is 22.7 Å². The van der Waals surface area contributed by atoms with E-state index < -0.39 is 0 Å². The Kier molecular flexibility index (Phi) is 3.95. The molecule has 0 bridgehead atoms. The Labute approximate surface area is 110 Å². The second-order valence-electron chi connectivity index (χ2n) is 3.89. The molecule has 4 heteroatoms. The molecular weight excluding hydrogens is 248 g/mol. The van der Waals surface area contributed by atoms with Gasteiger partial charge in [0.2, 0.25) is 0 Å². The van der Waals surface area contributed by atoms with E-state index in [0.29, 0.717) is 0 Å². The van der Waals surface area contributed by atoms with E-state index in [0.717, 1.165) is 12.1 Å². The lowest BCUT2D eigenvalue weighted by Crippen LogP contribution is -2.19. The molecule has 0 aromatic carbocycles. The molecule has 1 atom stereocenters. The Hall–Kier alpha value is -1.15. The Balaban J connectivity index is 2.07. The van der Waals surface area contributed by atoms with Crippen LogP contribution in [0.1, 0.15) is 26.2 Å². The summed E-state index contributed by atoms with van der Waals surface area (Å²) in [7, 11) is 0. The fourth-order valence-electron chi connectivity index (χ4n) is 1.78. The maximum atomic E-state index is 9.24. The maximum absolute atomic E-state index is 9.24. The Morgan fingerprint density at radius 1 is 1.47 bits per heavy atom. The summed E-state index contributed by atoms with van der Waals surface area (Å²) >= 11 is 3.46. The third-order valence-electron chi connectivity index (χ3n) is 2.58.